The fraction of sp³-hybridized carbons (Fsp3) is 0.774. The highest BCUT2D eigenvalue weighted by Crippen LogP contribution is 2.20. The quantitative estimate of drug-likeness (QED) is 0.0643. The number of amides is 7. The van der Waals surface area contributed by atoms with Crippen molar-refractivity contribution in [1.82, 2.24) is 31.5 Å². The summed E-state index contributed by atoms with van der Waals surface area (Å²) in [5.74, 6) is -4.62. The Labute approximate surface area is 270 Å². The SMILES string of the molecule is CCCCCCCCCC(=O)N1CCC[C@H]1C(=O)N[C@H](C(=O)N[C@@H](C)C(=O)N[C@@H](CC(N)=O)C(=O)N[C@H](C)[C@H]1CNC1=O)[C@@H](C)O. The summed E-state index contributed by atoms with van der Waals surface area (Å²) in [5.41, 5.74) is 5.27. The molecular formula is C31H53N7O8. The number of likely N-dealkylation sites (tertiary alicyclic amines) is 1. The molecule has 0 bridgehead atoms. The van der Waals surface area contributed by atoms with E-state index in [1.54, 1.807) is 6.92 Å². The van der Waals surface area contributed by atoms with Gasteiger partial charge in [-0.1, -0.05) is 45.4 Å². The van der Waals surface area contributed by atoms with Crippen LogP contribution in [-0.4, -0.2) is 101 Å². The Morgan fingerprint density at radius 3 is 2.13 bits per heavy atom. The van der Waals surface area contributed by atoms with E-state index < -0.39 is 78.2 Å². The van der Waals surface area contributed by atoms with Gasteiger partial charge in [-0.3, -0.25) is 33.6 Å². The Balaban J connectivity index is 1.92. The van der Waals surface area contributed by atoms with Crippen LogP contribution in [0.2, 0.25) is 0 Å². The summed E-state index contributed by atoms with van der Waals surface area (Å²) in [5, 5.41) is 22.8. The first kappa shape index (κ1) is 38.4. The first-order chi connectivity index (χ1) is 21.8. The number of aliphatic hydroxyl groups is 1. The molecule has 46 heavy (non-hydrogen) atoms. The number of rotatable bonds is 20. The van der Waals surface area contributed by atoms with Gasteiger partial charge in [0, 0.05) is 25.6 Å². The second-order valence-electron chi connectivity index (χ2n) is 12.5. The Kier molecular flexibility index (Phi) is 15.9. The standard InChI is InChI=1S/C31H53N7O8/c1-5-6-7-8-9-10-11-14-25(41)38-15-12-13-23(38)30(45)37-26(20(4)39)31(46)35-19(3)27(42)36-22(16-24(32)40)29(44)34-18(2)21-17-33-28(21)43/h18-23,26,39H,5-17H2,1-4H3,(H2,32,40)(H,33,43)(H,34,44)(H,35,46)(H,36,42)(H,37,45)/t18-,19+,20-,21-,22+,23+,26+/m1/s1. The molecule has 0 saturated carbocycles. The monoisotopic (exact) mass is 651 g/mol. The summed E-state index contributed by atoms with van der Waals surface area (Å²) in [6, 6.07) is -5.37. The molecule has 0 aromatic heterocycles. The van der Waals surface area contributed by atoms with Crippen molar-refractivity contribution >= 4 is 41.4 Å². The summed E-state index contributed by atoms with van der Waals surface area (Å²) >= 11 is 0. The fourth-order valence-electron chi connectivity index (χ4n) is 5.58. The molecule has 7 atom stereocenters. The lowest BCUT2D eigenvalue weighted by atomic mass is 9.94. The summed E-state index contributed by atoms with van der Waals surface area (Å²) in [6.07, 6.45) is 7.01. The predicted octanol–water partition coefficient (Wildman–Crippen LogP) is -0.901. The Morgan fingerprint density at radius 1 is 0.913 bits per heavy atom. The van der Waals surface area contributed by atoms with Gasteiger partial charge in [-0.25, -0.2) is 0 Å². The normalized spacial score (nSPS) is 20.6. The van der Waals surface area contributed by atoms with Gasteiger partial charge >= 0.3 is 0 Å². The van der Waals surface area contributed by atoms with Gasteiger partial charge in [0.05, 0.1) is 18.4 Å². The molecular weight excluding hydrogens is 598 g/mol. The van der Waals surface area contributed by atoms with Gasteiger partial charge in [-0.15, -0.1) is 0 Å². The third-order valence-electron chi connectivity index (χ3n) is 8.53. The van der Waals surface area contributed by atoms with Crippen molar-refractivity contribution in [3.8, 4) is 0 Å². The van der Waals surface area contributed by atoms with Crippen LogP contribution in [-0.2, 0) is 33.6 Å². The zero-order valence-corrected chi connectivity index (χ0v) is 27.6. The molecule has 2 fully saturated rings. The molecule has 260 valence electrons. The van der Waals surface area contributed by atoms with Crippen LogP contribution in [0, 0.1) is 5.92 Å². The molecule has 2 aliphatic heterocycles. The first-order valence-electron chi connectivity index (χ1n) is 16.5. The number of unbranched alkanes of at least 4 members (excludes halogenated alkanes) is 6. The van der Waals surface area contributed by atoms with Crippen molar-refractivity contribution in [1.29, 1.82) is 0 Å². The Bertz CT molecular complexity index is 1100. The molecule has 0 aromatic carbocycles. The molecule has 2 aliphatic rings. The number of nitrogens with two attached hydrogens (primary N) is 1. The molecule has 0 radical (unpaired) electrons. The zero-order chi connectivity index (χ0) is 34.4. The summed E-state index contributed by atoms with van der Waals surface area (Å²) in [7, 11) is 0. The van der Waals surface area contributed by atoms with Crippen molar-refractivity contribution in [2.75, 3.05) is 13.1 Å². The molecule has 15 heteroatoms. The minimum Gasteiger partial charge on any atom is -0.391 e. The number of hydrogen-bond donors (Lipinski definition) is 7. The highest BCUT2D eigenvalue weighted by molar-refractivity contribution is 5.97. The molecule has 0 aromatic rings. The average Bonchev–Trinajstić information content (AvgIpc) is 3.48. The van der Waals surface area contributed by atoms with E-state index in [2.05, 4.69) is 33.5 Å². The smallest absolute Gasteiger partial charge is 0.245 e. The molecule has 0 unspecified atom stereocenters. The predicted molar refractivity (Wildman–Crippen MR) is 168 cm³/mol. The number of hydrogen-bond acceptors (Lipinski definition) is 8. The Hall–Kier alpha value is -3.75. The second-order valence-corrected chi connectivity index (χ2v) is 12.5. The third kappa shape index (κ3) is 11.9. The minimum absolute atomic E-state index is 0.116. The number of primary amides is 1. The third-order valence-corrected chi connectivity index (χ3v) is 8.53. The van der Waals surface area contributed by atoms with Gasteiger partial charge in [0.25, 0.3) is 0 Å². The maximum atomic E-state index is 13.2. The maximum Gasteiger partial charge on any atom is 0.245 e. The van der Waals surface area contributed by atoms with Crippen LogP contribution < -0.4 is 32.3 Å². The highest BCUT2D eigenvalue weighted by Gasteiger charge is 2.38. The molecule has 0 spiro atoms. The van der Waals surface area contributed by atoms with Gasteiger partial charge in [0.2, 0.25) is 41.4 Å². The average molecular weight is 652 g/mol. The molecule has 15 nitrogen and oxygen atoms in total. The van der Waals surface area contributed by atoms with Gasteiger partial charge in [-0.05, 0) is 40.0 Å². The van der Waals surface area contributed by atoms with Crippen LogP contribution in [0.25, 0.3) is 0 Å². The zero-order valence-electron chi connectivity index (χ0n) is 27.6. The number of carbonyl (C=O) groups excluding carboxylic acids is 7. The van der Waals surface area contributed by atoms with Crippen molar-refractivity contribution in [2.45, 2.75) is 135 Å². The largest absolute Gasteiger partial charge is 0.391 e. The van der Waals surface area contributed by atoms with Crippen molar-refractivity contribution in [2.24, 2.45) is 11.7 Å². The fourth-order valence-corrected chi connectivity index (χ4v) is 5.58. The lowest BCUT2D eigenvalue weighted by Gasteiger charge is -2.32. The lowest BCUT2D eigenvalue weighted by Crippen LogP contribution is -2.61. The van der Waals surface area contributed by atoms with Crippen LogP contribution >= 0.6 is 0 Å². The van der Waals surface area contributed by atoms with Crippen molar-refractivity contribution in [3.05, 3.63) is 0 Å². The molecule has 8 N–H and O–H groups in total. The molecule has 0 aliphatic carbocycles. The molecule has 2 heterocycles. The molecule has 2 rings (SSSR count). The van der Waals surface area contributed by atoms with E-state index in [-0.39, 0.29) is 11.8 Å². The van der Waals surface area contributed by atoms with E-state index in [4.69, 9.17) is 5.73 Å². The van der Waals surface area contributed by atoms with Crippen LogP contribution in [0.1, 0.15) is 98.3 Å². The topological polar surface area (TPSA) is 229 Å². The van der Waals surface area contributed by atoms with E-state index in [0.29, 0.717) is 32.4 Å². The number of carbonyl (C=O) groups is 7. The van der Waals surface area contributed by atoms with E-state index in [1.807, 2.05) is 0 Å². The van der Waals surface area contributed by atoms with Crippen molar-refractivity contribution < 1.29 is 38.7 Å². The second kappa shape index (κ2) is 19.0. The molecule has 2 saturated heterocycles. The van der Waals surface area contributed by atoms with E-state index in [0.717, 1.165) is 25.7 Å². The number of β-lactam (4-membered cyclic amide) rings is 1. The minimum atomic E-state index is -1.43. The van der Waals surface area contributed by atoms with Crippen LogP contribution in [0.3, 0.4) is 0 Å². The van der Waals surface area contributed by atoms with Gasteiger partial charge in [0.15, 0.2) is 0 Å². The lowest BCUT2D eigenvalue weighted by molar-refractivity contribution is -0.140. The van der Waals surface area contributed by atoms with E-state index >= 15 is 0 Å². The van der Waals surface area contributed by atoms with Gasteiger partial charge in [-0.2, -0.15) is 0 Å². The highest BCUT2D eigenvalue weighted by atomic mass is 16.3. The van der Waals surface area contributed by atoms with Crippen LogP contribution in [0.5, 0.6) is 0 Å². The summed E-state index contributed by atoms with van der Waals surface area (Å²) < 4.78 is 0. The van der Waals surface area contributed by atoms with Crippen molar-refractivity contribution in [3.63, 3.8) is 0 Å². The van der Waals surface area contributed by atoms with Gasteiger partial charge in [0.1, 0.15) is 24.2 Å². The summed E-state index contributed by atoms with van der Waals surface area (Å²) in [6.45, 7) is 7.23. The molecule has 7 amide bonds. The van der Waals surface area contributed by atoms with Crippen LogP contribution in [0.4, 0.5) is 0 Å². The number of nitrogens with zero attached hydrogens (tertiary/aromatic N) is 1. The van der Waals surface area contributed by atoms with Gasteiger partial charge < -0.3 is 42.3 Å². The Morgan fingerprint density at radius 2 is 1.57 bits per heavy atom. The number of aliphatic hydroxyl groups excluding tert-OH is 1. The maximum absolute atomic E-state index is 13.2. The first-order valence-corrected chi connectivity index (χ1v) is 16.5. The van der Waals surface area contributed by atoms with E-state index in [9.17, 15) is 38.7 Å². The van der Waals surface area contributed by atoms with Crippen LogP contribution in [0.15, 0.2) is 0 Å². The summed E-state index contributed by atoms with van der Waals surface area (Å²) in [4.78, 5) is 89.6. The van der Waals surface area contributed by atoms with E-state index in [1.165, 1.54) is 38.0 Å². The number of nitrogens with one attached hydrogen (secondary N) is 5.